The van der Waals surface area contributed by atoms with E-state index in [4.69, 9.17) is 14.2 Å². The standard InChI is InChI=1S/C20H33N3O3.HI/c1-16-6-4-7-19(14-16)26-17(2)15-23-20(21-3)22-10-5-11-25-18-8-12-24-13-9-18;/h4,6-7,14,17-18H,5,8-13,15H2,1-3H3,(H2,21,22,23);1H. The summed E-state index contributed by atoms with van der Waals surface area (Å²) in [5, 5.41) is 6.62. The van der Waals surface area contributed by atoms with Gasteiger partial charge in [0.05, 0.1) is 12.6 Å². The van der Waals surface area contributed by atoms with Crippen LogP contribution in [0, 0.1) is 6.92 Å². The van der Waals surface area contributed by atoms with Gasteiger partial charge in [-0.2, -0.15) is 0 Å². The van der Waals surface area contributed by atoms with Gasteiger partial charge in [0.2, 0.25) is 0 Å². The van der Waals surface area contributed by atoms with Crippen molar-refractivity contribution in [2.45, 2.75) is 45.3 Å². The molecule has 154 valence electrons. The van der Waals surface area contributed by atoms with Crippen molar-refractivity contribution in [2.75, 3.05) is 40.0 Å². The van der Waals surface area contributed by atoms with Gasteiger partial charge >= 0.3 is 0 Å². The highest BCUT2D eigenvalue weighted by Crippen LogP contribution is 2.14. The number of nitrogens with zero attached hydrogens (tertiary/aromatic N) is 1. The highest BCUT2D eigenvalue weighted by molar-refractivity contribution is 14.0. The Bertz CT molecular complexity index is 551. The summed E-state index contributed by atoms with van der Waals surface area (Å²) in [5.74, 6) is 1.68. The first-order valence-electron chi connectivity index (χ1n) is 9.54. The van der Waals surface area contributed by atoms with Crippen LogP contribution in [0.2, 0.25) is 0 Å². The van der Waals surface area contributed by atoms with Gasteiger partial charge in [-0.15, -0.1) is 24.0 Å². The SMILES string of the molecule is CN=C(NCCCOC1CCOCC1)NCC(C)Oc1cccc(C)c1.I. The molecule has 0 saturated carbocycles. The summed E-state index contributed by atoms with van der Waals surface area (Å²) < 4.78 is 17.1. The number of aliphatic imine (C=N–C) groups is 1. The third-order valence-corrected chi connectivity index (χ3v) is 4.24. The molecule has 1 fully saturated rings. The van der Waals surface area contributed by atoms with Gasteiger partial charge in [0.1, 0.15) is 11.9 Å². The highest BCUT2D eigenvalue weighted by atomic mass is 127. The summed E-state index contributed by atoms with van der Waals surface area (Å²) in [7, 11) is 1.78. The molecule has 0 aliphatic carbocycles. The molecule has 27 heavy (non-hydrogen) atoms. The van der Waals surface area contributed by atoms with Crippen molar-refractivity contribution in [1.82, 2.24) is 10.6 Å². The second-order valence-corrected chi connectivity index (χ2v) is 6.66. The number of ether oxygens (including phenoxy) is 3. The fourth-order valence-electron chi connectivity index (χ4n) is 2.80. The van der Waals surface area contributed by atoms with E-state index in [1.54, 1.807) is 7.05 Å². The Hall–Kier alpha value is -1.06. The molecule has 1 atom stereocenters. The Kier molecular flexibility index (Phi) is 12.4. The van der Waals surface area contributed by atoms with Crippen LogP contribution in [0.15, 0.2) is 29.3 Å². The number of guanidine groups is 1. The fraction of sp³-hybridized carbons (Fsp3) is 0.650. The van der Waals surface area contributed by atoms with Crippen LogP contribution in [0.1, 0.15) is 31.7 Å². The zero-order chi connectivity index (χ0) is 18.6. The molecule has 2 N–H and O–H groups in total. The van der Waals surface area contributed by atoms with E-state index in [2.05, 4.69) is 28.6 Å². The number of rotatable bonds is 9. The molecule has 1 aliphatic rings. The van der Waals surface area contributed by atoms with Crippen molar-refractivity contribution in [2.24, 2.45) is 4.99 Å². The third-order valence-electron chi connectivity index (χ3n) is 4.24. The maximum atomic E-state index is 5.92. The van der Waals surface area contributed by atoms with Gasteiger partial charge < -0.3 is 24.8 Å². The van der Waals surface area contributed by atoms with Crippen LogP contribution in [-0.4, -0.2) is 58.1 Å². The van der Waals surface area contributed by atoms with Crippen LogP contribution >= 0.6 is 24.0 Å². The van der Waals surface area contributed by atoms with E-state index in [0.717, 1.165) is 57.3 Å². The van der Waals surface area contributed by atoms with Crippen LogP contribution in [-0.2, 0) is 9.47 Å². The number of aryl methyl sites for hydroxylation is 1. The minimum absolute atomic E-state index is 0. The minimum Gasteiger partial charge on any atom is -0.489 e. The fourth-order valence-corrected chi connectivity index (χ4v) is 2.80. The van der Waals surface area contributed by atoms with Gasteiger partial charge in [-0.05, 0) is 50.8 Å². The van der Waals surface area contributed by atoms with E-state index in [-0.39, 0.29) is 30.1 Å². The summed E-state index contributed by atoms with van der Waals surface area (Å²) in [6.45, 7) is 8.03. The predicted octanol–water partition coefficient (Wildman–Crippen LogP) is 3.13. The van der Waals surface area contributed by atoms with Gasteiger partial charge in [-0.3, -0.25) is 4.99 Å². The topological polar surface area (TPSA) is 64.1 Å². The van der Waals surface area contributed by atoms with Gasteiger partial charge in [0.25, 0.3) is 0 Å². The van der Waals surface area contributed by atoms with Crippen LogP contribution in [0.3, 0.4) is 0 Å². The van der Waals surface area contributed by atoms with Gasteiger partial charge in [-0.1, -0.05) is 12.1 Å². The molecule has 1 aromatic rings. The lowest BCUT2D eigenvalue weighted by Crippen LogP contribution is -2.42. The molecule has 1 saturated heterocycles. The molecule has 1 aromatic carbocycles. The van der Waals surface area contributed by atoms with Crippen molar-refractivity contribution in [3.63, 3.8) is 0 Å². The lowest BCUT2D eigenvalue weighted by Gasteiger charge is -2.22. The molecular formula is C20H34IN3O3. The first-order chi connectivity index (χ1) is 12.7. The molecule has 0 aromatic heterocycles. The second-order valence-electron chi connectivity index (χ2n) is 6.66. The lowest BCUT2D eigenvalue weighted by molar-refractivity contribution is -0.0320. The van der Waals surface area contributed by atoms with Gasteiger partial charge in [0.15, 0.2) is 5.96 Å². The Morgan fingerprint density at radius 2 is 2.07 bits per heavy atom. The molecule has 0 bridgehead atoms. The van der Waals surface area contributed by atoms with Crippen molar-refractivity contribution >= 4 is 29.9 Å². The Morgan fingerprint density at radius 3 is 2.78 bits per heavy atom. The summed E-state index contributed by atoms with van der Waals surface area (Å²) in [5.41, 5.74) is 1.20. The van der Waals surface area contributed by atoms with Crippen LogP contribution in [0.4, 0.5) is 0 Å². The van der Waals surface area contributed by atoms with Gasteiger partial charge in [-0.25, -0.2) is 0 Å². The summed E-state index contributed by atoms with van der Waals surface area (Å²) in [6, 6.07) is 8.10. The quantitative estimate of drug-likeness (QED) is 0.241. The first kappa shape index (κ1) is 24.0. The molecule has 1 unspecified atom stereocenters. The van der Waals surface area contributed by atoms with Crippen LogP contribution < -0.4 is 15.4 Å². The molecule has 0 amide bonds. The second kappa shape index (κ2) is 14.0. The van der Waals surface area contributed by atoms with Crippen molar-refractivity contribution in [3.05, 3.63) is 29.8 Å². The van der Waals surface area contributed by atoms with E-state index in [1.807, 2.05) is 25.1 Å². The normalized spacial score (nSPS) is 16.3. The average Bonchev–Trinajstić information content (AvgIpc) is 2.65. The summed E-state index contributed by atoms with van der Waals surface area (Å²) in [4.78, 5) is 4.25. The van der Waals surface area contributed by atoms with Crippen molar-refractivity contribution in [1.29, 1.82) is 0 Å². The van der Waals surface area contributed by atoms with Gasteiger partial charge in [0, 0.05) is 33.4 Å². The summed E-state index contributed by atoms with van der Waals surface area (Å²) in [6.07, 6.45) is 3.38. The molecule has 2 rings (SSSR count). The average molecular weight is 491 g/mol. The van der Waals surface area contributed by atoms with E-state index in [1.165, 1.54) is 5.56 Å². The van der Waals surface area contributed by atoms with E-state index in [9.17, 15) is 0 Å². The zero-order valence-corrected chi connectivity index (χ0v) is 19.0. The monoisotopic (exact) mass is 491 g/mol. The van der Waals surface area contributed by atoms with E-state index >= 15 is 0 Å². The number of halogens is 1. The maximum absolute atomic E-state index is 5.92. The number of hydrogen-bond donors (Lipinski definition) is 2. The zero-order valence-electron chi connectivity index (χ0n) is 16.7. The molecule has 1 heterocycles. The van der Waals surface area contributed by atoms with Crippen molar-refractivity contribution in [3.8, 4) is 5.75 Å². The summed E-state index contributed by atoms with van der Waals surface area (Å²) >= 11 is 0. The van der Waals surface area contributed by atoms with E-state index < -0.39 is 0 Å². The Labute approximate surface area is 180 Å². The van der Waals surface area contributed by atoms with E-state index in [0.29, 0.717) is 12.6 Å². The minimum atomic E-state index is 0. The highest BCUT2D eigenvalue weighted by Gasteiger charge is 2.13. The lowest BCUT2D eigenvalue weighted by atomic mass is 10.1. The number of nitrogens with one attached hydrogen (secondary N) is 2. The molecule has 1 aliphatic heterocycles. The number of hydrogen-bond acceptors (Lipinski definition) is 4. The molecule has 7 heteroatoms. The smallest absolute Gasteiger partial charge is 0.191 e. The third kappa shape index (κ3) is 10.2. The molecule has 0 spiro atoms. The molecule has 6 nitrogen and oxygen atoms in total. The first-order valence-corrected chi connectivity index (χ1v) is 9.54. The number of benzene rings is 1. The molecule has 0 radical (unpaired) electrons. The Morgan fingerprint density at radius 1 is 1.30 bits per heavy atom. The van der Waals surface area contributed by atoms with Crippen LogP contribution in [0.25, 0.3) is 0 Å². The maximum Gasteiger partial charge on any atom is 0.191 e. The molecular weight excluding hydrogens is 457 g/mol. The predicted molar refractivity (Wildman–Crippen MR) is 120 cm³/mol. The van der Waals surface area contributed by atoms with Crippen LogP contribution in [0.5, 0.6) is 5.75 Å². The largest absolute Gasteiger partial charge is 0.489 e. The Balaban J connectivity index is 0.00000364. The van der Waals surface area contributed by atoms with Crippen molar-refractivity contribution < 1.29 is 14.2 Å².